The van der Waals surface area contributed by atoms with Gasteiger partial charge in [0.2, 0.25) is 0 Å². The normalized spacial score (nSPS) is 15.3. The van der Waals surface area contributed by atoms with E-state index in [9.17, 15) is 0 Å². The van der Waals surface area contributed by atoms with E-state index in [2.05, 4.69) is 39.4 Å². The molecule has 2 aromatic rings. The number of rotatable bonds is 7. The zero-order valence-corrected chi connectivity index (χ0v) is 13.8. The molecule has 23 heavy (non-hydrogen) atoms. The minimum atomic E-state index is 0.663. The molecule has 0 unspecified atom stereocenters. The SMILES string of the molecule is COCCOCCN1CCc2[nH]nc(-c3ccccc3)c2CC1. The second-order valence-electron chi connectivity index (χ2n) is 5.84. The van der Waals surface area contributed by atoms with Crippen LogP contribution in [0, 0.1) is 0 Å². The number of hydrogen-bond acceptors (Lipinski definition) is 4. The number of methoxy groups -OCH3 is 1. The molecule has 1 aromatic heterocycles. The van der Waals surface area contributed by atoms with Crippen LogP contribution in [0.1, 0.15) is 11.3 Å². The molecule has 1 aliphatic rings. The van der Waals surface area contributed by atoms with Gasteiger partial charge in [-0.15, -0.1) is 0 Å². The van der Waals surface area contributed by atoms with Crippen LogP contribution in [0.15, 0.2) is 30.3 Å². The van der Waals surface area contributed by atoms with Gasteiger partial charge in [0.15, 0.2) is 0 Å². The van der Waals surface area contributed by atoms with Crippen molar-refractivity contribution in [2.75, 3.05) is 46.6 Å². The molecule has 0 amide bonds. The summed E-state index contributed by atoms with van der Waals surface area (Å²) in [4.78, 5) is 2.47. The molecule has 0 fully saturated rings. The molecule has 0 spiro atoms. The number of nitrogens with zero attached hydrogens (tertiary/aromatic N) is 2. The zero-order chi connectivity index (χ0) is 15.9. The van der Waals surface area contributed by atoms with Gasteiger partial charge in [-0.25, -0.2) is 0 Å². The molecule has 0 radical (unpaired) electrons. The Morgan fingerprint density at radius 3 is 2.74 bits per heavy atom. The van der Waals surface area contributed by atoms with Gasteiger partial charge < -0.3 is 14.4 Å². The number of aromatic amines is 1. The van der Waals surface area contributed by atoms with E-state index in [0.29, 0.717) is 13.2 Å². The van der Waals surface area contributed by atoms with Gasteiger partial charge in [-0.3, -0.25) is 5.10 Å². The van der Waals surface area contributed by atoms with E-state index in [1.54, 1.807) is 7.11 Å². The smallest absolute Gasteiger partial charge is 0.0955 e. The van der Waals surface area contributed by atoms with Crippen LogP contribution in [-0.4, -0.2) is 61.7 Å². The van der Waals surface area contributed by atoms with Crippen LogP contribution >= 0.6 is 0 Å². The summed E-state index contributed by atoms with van der Waals surface area (Å²) in [5.41, 5.74) is 4.96. The van der Waals surface area contributed by atoms with Crippen molar-refractivity contribution in [3.63, 3.8) is 0 Å². The van der Waals surface area contributed by atoms with Crippen molar-refractivity contribution in [1.29, 1.82) is 0 Å². The fourth-order valence-corrected chi connectivity index (χ4v) is 3.03. The second kappa shape index (κ2) is 8.24. The minimum absolute atomic E-state index is 0.663. The van der Waals surface area contributed by atoms with Gasteiger partial charge in [-0.1, -0.05) is 30.3 Å². The van der Waals surface area contributed by atoms with E-state index in [1.807, 2.05) is 6.07 Å². The van der Waals surface area contributed by atoms with E-state index in [1.165, 1.54) is 16.8 Å². The Balaban J connectivity index is 1.57. The third kappa shape index (κ3) is 4.19. The lowest BCUT2D eigenvalue weighted by atomic mass is 10.0. The predicted molar refractivity (Wildman–Crippen MR) is 90.6 cm³/mol. The number of nitrogens with one attached hydrogen (secondary N) is 1. The molecule has 0 saturated heterocycles. The molecule has 124 valence electrons. The number of fused-ring (bicyclic) bond motifs is 1. The highest BCUT2D eigenvalue weighted by molar-refractivity contribution is 5.64. The van der Waals surface area contributed by atoms with Crippen LogP contribution < -0.4 is 0 Å². The summed E-state index contributed by atoms with van der Waals surface area (Å²) in [6.07, 6.45) is 2.06. The van der Waals surface area contributed by atoms with Gasteiger partial charge in [0.25, 0.3) is 0 Å². The largest absolute Gasteiger partial charge is 0.382 e. The van der Waals surface area contributed by atoms with Gasteiger partial charge >= 0.3 is 0 Å². The lowest BCUT2D eigenvalue weighted by Crippen LogP contribution is -2.30. The predicted octanol–water partition coefficient (Wildman–Crippen LogP) is 2.14. The van der Waals surface area contributed by atoms with Gasteiger partial charge in [-0.2, -0.15) is 5.10 Å². The molecule has 0 atom stereocenters. The molecule has 5 heteroatoms. The van der Waals surface area contributed by atoms with Crippen molar-refractivity contribution < 1.29 is 9.47 Å². The third-order valence-electron chi connectivity index (χ3n) is 4.34. The molecule has 0 saturated carbocycles. The molecule has 1 aromatic carbocycles. The molecule has 1 aliphatic heterocycles. The van der Waals surface area contributed by atoms with E-state index < -0.39 is 0 Å². The summed E-state index contributed by atoms with van der Waals surface area (Å²) < 4.78 is 10.6. The second-order valence-corrected chi connectivity index (χ2v) is 5.84. The van der Waals surface area contributed by atoms with Gasteiger partial charge in [0, 0.05) is 50.0 Å². The first-order valence-electron chi connectivity index (χ1n) is 8.29. The average Bonchev–Trinajstić information content (AvgIpc) is 2.89. The highest BCUT2D eigenvalue weighted by Gasteiger charge is 2.19. The number of benzene rings is 1. The van der Waals surface area contributed by atoms with Crippen molar-refractivity contribution in [1.82, 2.24) is 15.1 Å². The maximum absolute atomic E-state index is 5.58. The summed E-state index contributed by atoms with van der Waals surface area (Å²) in [5, 5.41) is 7.79. The monoisotopic (exact) mass is 315 g/mol. The zero-order valence-electron chi connectivity index (χ0n) is 13.8. The van der Waals surface area contributed by atoms with Crippen molar-refractivity contribution in [2.45, 2.75) is 12.8 Å². The summed E-state index contributed by atoms with van der Waals surface area (Å²) in [6.45, 7) is 5.18. The standard InChI is InChI=1S/C18H25N3O2/c1-22-13-14-23-12-11-21-9-7-16-17(8-10-21)19-20-18(16)15-5-3-2-4-6-15/h2-6H,7-14H2,1H3,(H,19,20). The Morgan fingerprint density at radius 1 is 1.09 bits per heavy atom. The molecule has 0 bridgehead atoms. The van der Waals surface area contributed by atoms with E-state index >= 15 is 0 Å². The summed E-state index contributed by atoms with van der Waals surface area (Å²) in [7, 11) is 1.70. The fraction of sp³-hybridized carbons (Fsp3) is 0.500. The Bertz CT molecular complexity index is 598. The first kappa shape index (κ1) is 16.2. The first-order chi connectivity index (χ1) is 11.4. The molecule has 5 nitrogen and oxygen atoms in total. The molecular weight excluding hydrogens is 290 g/mol. The van der Waals surface area contributed by atoms with Crippen molar-refractivity contribution in [3.05, 3.63) is 41.6 Å². The van der Waals surface area contributed by atoms with Gasteiger partial charge in [0.05, 0.1) is 25.5 Å². The van der Waals surface area contributed by atoms with Crippen molar-refractivity contribution in [3.8, 4) is 11.3 Å². The van der Waals surface area contributed by atoms with E-state index in [4.69, 9.17) is 9.47 Å². The number of aromatic nitrogens is 2. The number of ether oxygens (including phenoxy) is 2. The van der Waals surface area contributed by atoms with Crippen molar-refractivity contribution in [2.24, 2.45) is 0 Å². The van der Waals surface area contributed by atoms with Crippen LogP contribution in [0.2, 0.25) is 0 Å². The van der Waals surface area contributed by atoms with Crippen LogP contribution in [0.4, 0.5) is 0 Å². The molecule has 2 heterocycles. The Labute approximate surface area is 137 Å². The first-order valence-corrected chi connectivity index (χ1v) is 8.29. The summed E-state index contributed by atoms with van der Waals surface area (Å²) in [5.74, 6) is 0. The van der Waals surface area contributed by atoms with Crippen LogP contribution in [0.25, 0.3) is 11.3 Å². The lowest BCUT2D eigenvalue weighted by Gasteiger charge is -2.19. The van der Waals surface area contributed by atoms with Gasteiger partial charge in [-0.05, 0) is 6.42 Å². The maximum Gasteiger partial charge on any atom is 0.0955 e. The number of H-pyrrole nitrogens is 1. The summed E-state index contributed by atoms with van der Waals surface area (Å²) in [6, 6.07) is 10.4. The number of hydrogen-bond donors (Lipinski definition) is 1. The maximum atomic E-state index is 5.58. The highest BCUT2D eigenvalue weighted by Crippen LogP contribution is 2.26. The Morgan fingerprint density at radius 2 is 1.91 bits per heavy atom. The average molecular weight is 315 g/mol. The summed E-state index contributed by atoms with van der Waals surface area (Å²) >= 11 is 0. The van der Waals surface area contributed by atoms with Crippen molar-refractivity contribution >= 4 is 0 Å². The van der Waals surface area contributed by atoms with Crippen LogP contribution in [0.3, 0.4) is 0 Å². The topological polar surface area (TPSA) is 50.4 Å². The van der Waals surface area contributed by atoms with E-state index in [-0.39, 0.29) is 0 Å². The quantitative estimate of drug-likeness (QED) is 0.795. The molecule has 0 aliphatic carbocycles. The third-order valence-corrected chi connectivity index (χ3v) is 4.34. The lowest BCUT2D eigenvalue weighted by molar-refractivity contribution is 0.0577. The highest BCUT2D eigenvalue weighted by atomic mass is 16.5. The Hall–Kier alpha value is -1.69. The Kier molecular flexibility index (Phi) is 5.80. The molecular formula is C18H25N3O2. The molecule has 3 rings (SSSR count). The van der Waals surface area contributed by atoms with Crippen LogP contribution in [-0.2, 0) is 22.3 Å². The fourth-order valence-electron chi connectivity index (χ4n) is 3.03. The van der Waals surface area contributed by atoms with E-state index in [0.717, 1.165) is 44.8 Å². The molecule has 1 N–H and O–H groups in total. The minimum Gasteiger partial charge on any atom is -0.382 e. The van der Waals surface area contributed by atoms with Crippen LogP contribution in [0.5, 0.6) is 0 Å². The van der Waals surface area contributed by atoms with Gasteiger partial charge in [0.1, 0.15) is 0 Å².